The minimum atomic E-state index is -0.806. The Bertz CT molecular complexity index is 1160. The maximum atomic E-state index is 13.4. The molecule has 0 aliphatic heterocycles. The Morgan fingerprint density at radius 3 is 2.68 bits per heavy atom. The second-order valence-electron chi connectivity index (χ2n) is 8.82. The van der Waals surface area contributed by atoms with Gasteiger partial charge < -0.3 is 24.5 Å². The predicted octanol–water partition coefficient (Wildman–Crippen LogP) is 3.40. The Hall–Kier alpha value is -3.04. The van der Waals surface area contributed by atoms with E-state index in [4.69, 9.17) is 9.47 Å². The van der Waals surface area contributed by atoms with E-state index in [9.17, 15) is 9.90 Å². The van der Waals surface area contributed by atoms with Crippen LogP contribution in [0.4, 0.5) is 5.82 Å². The van der Waals surface area contributed by atoms with Crippen molar-refractivity contribution in [2.24, 2.45) is 0 Å². The largest absolute Gasteiger partial charge is 0.481 e. The molecule has 0 aromatic carbocycles. The molecule has 1 aliphatic rings. The van der Waals surface area contributed by atoms with Crippen LogP contribution in [0, 0.1) is 0 Å². The number of nitrogens with zero attached hydrogens (tertiary/aromatic N) is 4. The molecule has 2 N–H and O–H groups in total. The van der Waals surface area contributed by atoms with Crippen molar-refractivity contribution in [2.45, 2.75) is 57.6 Å². The third kappa shape index (κ3) is 5.53. The standard InChI is InChI=1S/C25H33N5O4/c1-3-12-34-13-11-30-21-14-19(18-7-8-22(33-2)27-15-18)26-16-20(21)29-23(24(30)31)28-17-25(32)9-5-4-6-10-25/h7-8,14-16,32H,3-6,9-13,17H2,1-2H3,(H,28,29). The Balaban J connectivity index is 1.68. The number of pyridine rings is 2. The van der Waals surface area contributed by atoms with Gasteiger partial charge in [-0.15, -0.1) is 0 Å². The molecule has 0 unspecified atom stereocenters. The zero-order valence-electron chi connectivity index (χ0n) is 19.9. The molecule has 1 aliphatic carbocycles. The van der Waals surface area contributed by atoms with Gasteiger partial charge >= 0.3 is 0 Å². The molecule has 4 rings (SSSR count). The minimum absolute atomic E-state index is 0.225. The number of rotatable bonds is 10. The van der Waals surface area contributed by atoms with Crippen molar-refractivity contribution in [3.05, 3.63) is 40.9 Å². The van der Waals surface area contributed by atoms with Crippen molar-refractivity contribution in [3.63, 3.8) is 0 Å². The van der Waals surface area contributed by atoms with Crippen LogP contribution in [0.5, 0.6) is 5.88 Å². The normalized spacial score (nSPS) is 15.4. The Morgan fingerprint density at radius 1 is 1.15 bits per heavy atom. The van der Waals surface area contributed by atoms with Crippen LogP contribution in [0.25, 0.3) is 22.3 Å². The molecule has 0 radical (unpaired) electrons. The molecule has 0 atom stereocenters. The molecule has 0 saturated heterocycles. The summed E-state index contributed by atoms with van der Waals surface area (Å²) in [6.45, 7) is 3.79. The Morgan fingerprint density at radius 2 is 1.97 bits per heavy atom. The molecule has 182 valence electrons. The van der Waals surface area contributed by atoms with Crippen molar-refractivity contribution < 1.29 is 14.6 Å². The van der Waals surface area contributed by atoms with Crippen molar-refractivity contribution in [1.29, 1.82) is 0 Å². The molecule has 3 heterocycles. The number of methoxy groups -OCH3 is 1. The molecule has 34 heavy (non-hydrogen) atoms. The Labute approximate surface area is 199 Å². The van der Waals surface area contributed by atoms with Gasteiger partial charge in [0.1, 0.15) is 5.52 Å². The van der Waals surface area contributed by atoms with Crippen LogP contribution < -0.4 is 15.6 Å². The number of anilines is 1. The first-order chi connectivity index (χ1) is 16.5. The zero-order valence-corrected chi connectivity index (χ0v) is 19.9. The number of hydrogen-bond acceptors (Lipinski definition) is 8. The fourth-order valence-electron chi connectivity index (χ4n) is 4.33. The molecule has 1 fully saturated rings. The smallest absolute Gasteiger partial charge is 0.293 e. The topological polar surface area (TPSA) is 111 Å². The van der Waals surface area contributed by atoms with E-state index in [1.54, 1.807) is 30.1 Å². The molecule has 9 nitrogen and oxygen atoms in total. The third-order valence-corrected chi connectivity index (χ3v) is 6.25. The number of fused-ring (bicyclic) bond motifs is 1. The lowest BCUT2D eigenvalue weighted by atomic mass is 9.85. The molecule has 3 aromatic heterocycles. The highest BCUT2D eigenvalue weighted by Crippen LogP contribution is 2.28. The first-order valence-corrected chi connectivity index (χ1v) is 12.0. The second kappa shape index (κ2) is 10.9. The maximum absolute atomic E-state index is 13.4. The van der Waals surface area contributed by atoms with Gasteiger partial charge in [0.25, 0.3) is 5.56 Å². The molecule has 3 aromatic rings. The maximum Gasteiger partial charge on any atom is 0.293 e. The van der Waals surface area contributed by atoms with Gasteiger partial charge in [0.15, 0.2) is 5.82 Å². The van der Waals surface area contributed by atoms with Gasteiger partial charge in [-0.05, 0) is 31.4 Å². The summed E-state index contributed by atoms with van der Waals surface area (Å²) in [7, 11) is 1.57. The van der Waals surface area contributed by atoms with E-state index in [0.29, 0.717) is 48.9 Å². The van der Waals surface area contributed by atoms with E-state index in [2.05, 4.69) is 20.3 Å². The van der Waals surface area contributed by atoms with E-state index < -0.39 is 5.60 Å². The average Bonchev–Trinajstić information content (AvgIpc) is 2.87. The first kappa shape index (κ1) is 24.1. The summed E-state index contributed by atoms with van der Waals surface area (Å²) in [6.07, 6.45) is 8.85. The zero-order chi connectivity index (χ0) is 24.0. The van der Waals surface area contributed by atoms with Crippen molar-refractivity contribution in [3.8, 4) is 17.1 Å². The summed E-state index contributed by atoms with van der Waals surface area (Å²) in [4.78, 5) is 26.8. The Kier molecular flexibility index (Phi) is 7.74. The summed E-state index contributed by atoms with van der Waals surface area (Å²) >= 11 is 0. The van der Waals surface area contributed by atoms with E-state index in [0.717, 1.165) is 44.1 Å². The molecule has 0 spiro atoms. The molecule has 0 bridgehead atoms. The van der Waals surface area contributed by atoms with Crippen molar-refractivity contribution in [1.82, 2.24) is 19.5 Å². The van der Waals surface area contributed by atoms with E-state index >= 15 is 0 Å². The fourth-order valence-corrected chi connectivity index (χ4v) is 4.33. The lowest BCUT2D eigenvalue weighted by Gasteiger charge is -2.32. The first-order valence-electron chi connectivity index (χ1n) is 12.0. The van der Waals surface area contributed by atoms with Crippen LogP contribution in [-0.4, -0.2) is 57.1 Å². The summed E-state index contributed by atoms with van der Waals surface area (Å²) in [5, 5.41) is 14.0. The predicted molar refractivity (Wildman–Crippen MR) is 131 cm³/mol. The van der Waals surface area contributed by atoms with Crippen LogP contribution in [0.15, 0.2) is 35.4 Å². The van der Waals surface area contributed by atoms with Gasteiger partial charge in [0, 0.05) is 37.5 Å². The third-order valence-electron chi connectivity index (χ3n) is 6.25. The highest BCUT2D eigenvalue weighted by molar-refractivity contribution is 5.80. The molecular formula is C25H33N5O4. The van der Waals surface area contributed by atoms with Crippen molar-refractivity contribution in [2.75, 3.05) is 32.2 Å². The summed E-state index contributed by atoms with van der Waals surface area (Å²) in [5.41, 5.74) is 1.72. The highest BCUT2D eigenvalue weighted by atomic mass is 16.5. The SMILES string of the molecule is CCCOCCn1c(=O)c(NCC2(O)CCCCC2)nc2cnc(-c3ccc(OC)nc3)cc21. The minimum Gasteiger partial charge on any atom is -0.481 e. The summed E-state index contributed by atoms with van der Waals surface area (Å²) < 4.78 is 12.5. The lowest BCUT2D eigenvalue weighted by molar-refractivity contribution is 0.0166. The van der Waals surface area contributed by atoms with Crippen LogP contribution in [0.3, 0.4) is 0 Å². The van der Waals surface area contributed by atoms with Gasteiger partial charge in [-0.3, -0.25) is 9.78 Å². The monoisotopic (exact) mass is 467 g/mol. The second-order valence-corrected chi connectivity index (χ2v) is 8.82. The van der Waals surface area contributed by atoms with Crippen LogP contribution in [0.2, 0.25) is 0 Å². The quantitative estimate of drug-likeness (QED) is 0.437. The van der Waals surface area contributed by atoms with E-state index in [1.165, 1.54) is 0 Å². The van der Waals surface area contributed by atoms with Gasteiger partial charge in [0.2, 0.25) is 5.88 Å². The van der Waals surface area contributed by atoms with Crippen LogP contribution >= 0.6 is 0 Å². The summed E-state index contributed by atoms with van der Waals surface area (Å²) in [6, 6.07) is 5.50. The number of aromatic nitrogens is 4. The van der Waals surface area contributed by atoms with Gasteiger partial charge in [-0.1, -0.05) is 26.2 Å². The summed E-state index contributed by atoms with van der Waals surface area (Å²) in [5.74, 6) is 0.745. The van der Waals surface area contributed by atoms with Gasteiger partial charge in [-0.2, -0.15) is 0 Å². The van der Waals surface area contributed by atoms with E-state index in [-0.39, 0.29) is 11.4 Å². The van der Waals surface area contributed by atoms with Crippen LogP contribution in [-0.2, 0) is 11.3 Å². The molecule has 0 amide bonds. The van der Waals surface area contributed by atoms with Crippen molar-refractivity contribution >= 4 is 16.9 Å². The number of aliphatic hydroxyl groups is 1. The van der Waals surface area contributed by atoms with Gasteiger partial charge in [-0.25, -0.2) is 9.97 Å². The fraction of sp³-hybridized carbons (Fsp3) is 0.520. The van der Waals surface area contributed by atoms with E-state index in [1.807, 2.05) is 19.1 Å². The highest BCUT2D eigenvalue weighted by Gasteiger charge is 2.29. The number of ether oxygens (including phenoxy) is 2. The molecule has 9 heteroatoms. The lowest BCUT2D eigenvalue weighted by Crippen LogP contribution is -2.40. The van der Waals surface area contributed by atoms with Gasteiger partial charge in [0.05, 0.1) is 36.7 Å². The molecular weight excluding hydrogens is 434 g/mol. The van der Waals surface area contributed by atoms with Crippen LogP contribution in [0.1, 0.15) is 45.4 Å². The molecule has 1 saturated carbocycles. The average molecular weight is 468 g/mol. The number of hydrogen-bond donors (Lipinski definition) is 2. The number of nitrogens with one attached hydrogen (secondary N) is 1.